The van der Waals surface area contributed by atoms with Crippen LogP contribution in [0.4, 0.5) is 4.79 Å². The molecule has 35 heavy (non-hydrogen) atoms. The number of methoxy groups -OCH3 is 2. The Morgan fingerprint density at radius 3 is 2.26 bits per heavy atom. The summed E-state index contributed by atoms with van der Waals surface area (Å²) < 4.78 is 22.2. The third-order valence-electron chi connectivity index (χ3n) is 5.39. The van der Waals surface area contributed by atoms with Crippen LogP contribution in [0.3, 0.4) is 0 Å². The summed E-state index contributed by atoms with van der Waals surface area (Å²) in [6, 6.07) is 17.0. The molecule has 0 spiro atoms. The van der Waals surface area contributed by atoms with Crippen LogP contribution in [0.1, 0.15) is 38.3 Å². The molecule has 0 N–H and O–H groups in total. The van der Waals surface area contributed by atoms with Gasteiger partial charge in [0.1, 0.15) is 18.1 Å². The SMILES string of the molecule is C=CCC(Cc1ccccc1)(C(=O)OCCc1ccccc1OC)N(COC)C(=O)OC(C)(C)C. The van der Waals surface area contributed by atoms with Gasteiger partial charge in [0.15, 0.2) is 5.54 Å². The fourth-order valence-electron chi connectivity index (χ4n) is 3.81. The van der Waals surface area contributed by atoms with Crippen LogP contribution in [0.5, 0.6) is 5.75 Å². The lowest BCUT2D eigenvalue weighted by Gasteiger charge is -2.41. The van der Waals surface area contributed by atoms with E-state index < -0.39 is 23.2 Å². The maximum absolute atomic E-state index is 13.8. The van der Waals surface area contributed by atoms with Crippen LogP contribution >= 0.6 is 0 Å². The molecule has 1 unspecified atom stereocenters. The Kier molecular flexibility index (Phi) is 10.3. The molecule has 7 nitrogen and oxygen atoms in total. The van der Waals surface area contributed by atoms with Gasteiger partial charge in [0, 0.05) is 20.0 Å². The summed E-state index contributed by atoms with van der Waals surface area (Å²) in [7, 11) is 3.06. The zero-order chi connectivity index (χ0) is 25.9. The van der Waals surface area contributed by atoms with Crippen LogP contribution in [0.25, 0.3) is 0 Å². The molecule has 2 aromatic rings. The smallest absolute Gasteiger partial charge is 0.413 e. The summed E-state index contributed by atoms with van der Waals surface area (Å²) in [5.41, 5.74) is -0.395. The third-order valence-corrected chi connectivity index (χ3v) is 5.39. The summed E-state index contributed by atoms with van der Waals surface area (Å²) >= 11 is 0. The maximum Gasteiger partial charge on any atom is 0.413 e. The van der Waals surface area contributed by atoms with Crippen molar-refractivity contribution in [2.75, 3.05) is 27.6 Å². The van der Waals surface area contributed by atoms with Crippen molar-refractivity contribution in [3.8, 4) is 5.75 Å². The Bertz CT molecular complexity index is 969. The fourth-order valence-corrected chi connectivity index (χ4v) is 3.81. The molecule has 0 heterocycles. The van der Waals surface area contributed by atoms with Gasteiger partial charge in [-0.1, -0.05) is 54.6 Å². The average Bonchev–Trinajstić information content (AvgIpc) is 2.82. The summed E-state index contributed by atoms with van der Waals surface area (Å²) in [5, 5.41) is 0. The van der Waals surface area contributed by atoms with E-state index in [-0.39, 0.29) is 26.2 Å². The molecule has 1 amide bonds. The molecule has 0 aliphatic carbocycles. The number of amides is 1. The minimum atomic E-state index is -1.41. The fraction of sp³-hybridized carbons (Fsp3) is 0.429. The van der Waals surface area contributed by atoms with Crippen molar-refractivity contribution >= 4 is 12.1 Å². The van der Waals surface area contributed by atoms with Crippen LogP contribution in [0.15, 0.2) is 67.3 Å². The number of carbonyl (C=O) groups is 2. The number of carbonyl (C=O) groups excluding carboxylic acids is 2. The van der Waals surface area contributed by atoms with Crippen molar-refractivity contribution in [2.24, 2.45) is 0 Å². The van der Waals surface area contributed by atoms with E-state index in [0.717, 1.165) is 16.9 Å². The molecule has 0 fully saturated rings. The third kappa shape index (κ3) is 7.86. The Morgan fingerprint density at radius 1 is 1.00 bits per heavy atom. The predicted molar refractivity (Wildman–Crippen MR) is 135 cm³/mol. The molecule has 0 aliphatic rings. The van der Waals surface area contributed by atoms with Crippen molar-refractivity contribution in [1.82, 2.24) is 4.90 Å². The number of ether oxygens (including phenoxy) is 4. The first-order valence-corrected chi connectivity index (χ1v) is 11.6. The van der Waals surface area contributed by atoms with E-state index in [1.807, 2.05) is 54.6 Å². The van der Waals surface area contributed by atoms with E-state index in [2.05, 4.69) is 6.58 Å². The topological polar surface area (TPSA) is 74.3 Å². The second-order valence-corrected chi connectivity index (χ2v) is 9.21. The molecule has 0 radical (unpaired) electrons. The highest BCUT2D eigenvalue weighted by Gasteiger charge is 2.48. The van der Waals surface area contributed by atoms with Gasteiger partial charge in [0.2, 0.25) is 0 Å². The Balaban J connectivity index is 2.41. The van der Waals surface area contributed by atoms with Crippen LogP contribution in [-0.4, -0.2) is 55.7 Å². The van der Waals surface area contributed by atoms with Crippen molar-refractivity contribution in [3.05, 3.63) is 78.4 Å². The summed E-state index contributed by atoms with van der Waals surface area (Å²) in [6.45, 7) is 9.13. The molecule has 7 heteroatoms. The molecule has 0 saturated carbocycles. The quantitative estimate of drug-likeness (QED) is 0.235. The molecule has 0 aromatic heterocycles. The molecular weight excluding hydrogens is 446 g/mol. The normalized spacial score (nSPS) is 12.8. The lowest BCUT2D eigenvalue weighted by atomic mass is 9.86. The second kappa shape index (κ2) is 13.0. The molecular formula is C28H37NO6. The van der Waals surface area contributed by atoms with E-state index >= 15 is 0 Å². The van der Waals surface area contributed by atoms with E-state index in [1.54, 1.807) is 34.0 Å². The van der Waals surface area contributed by atoms with Crippen LogP contribution in [0, 0.1) is 0 Å². The summed E-state index contributed by atoms with van der Waals surface area (Å²) in [4.78, 5) is 28.4. The summed E-state index contributed by atoms with van der Waals surface area (Å²) in [6.07, 6.45) is 1.76. The standard InChI is InChI=1S/C28H37NO6/c1-7-18-28(20-22-13-9-8-10-14-22,29(21-32-5)26(31)35-27(2,3)4)25(30)34-19-17-23-15-11-12-16-24(23)33-6/h7-16H,1,17-21H2,2-6H3. The van der Waals surface area contributed by atoms with Crippen molar-refractivity contribution < 1.29 is 28.5 Å². The number of esters is 1. The first kappa shape index (κ1) is 27.9. The molecule has 2 aromatic carbocycles. The number of hydrogen-bond donors (Lipinski definition) is 0. The van der Waals surface area contributed by atoms with Crippen molar-refractivity contribution in [3.63, 3.8) is 0 Å². The minimum absolute atomic E-state index is 0.113. The van der Waals surface area contributed by atoms with Gasteiger partial charge in [-0.2, -0.15) is 0 Å². The first-order valence-electron chi connectivity index (χ1n) is 11.6. The van der Waals surface area contributed by atoms with E-state index in [9.17, 15) is 9.59 Å². The Morgan fingerprint density at radius 2 is 1.66 bits per heavy atom. The van der Waals surface area contributed by atoms with Gasteiger partial charge in [-0.05, 0) is 44.4 Å². The number of rotatable bonds is 12. The van der Waals surface area contributed by atoms with Gasteiger partial charge in [-0.25, -0.2) is 9.59 Å². The number of nitrogens with zero attached hydrogens (tertiary/aromatic N) is 1. The lowest BCUT2D eigenvalue weighted by Crippen LogP contribution is -2.60. The van der Waals surface area contributed by atoms with E-state index in [0.29, 0.717) is 6.42 Å². The zero-order valence-electron chi connectivity index (χ0n) is 21.4. The van der Waals surface area contributed by atoms with Crippen molar-refractivity contribution in [1.29, 1.82) is 0 Å². The molecule has 0 aliphatic heterocycles. The first-order chi connectivity index (χ1) is 16.7. The molecule has 0 bridgehead atoms. The zero-order valence-corrected chi connectivity index (χ0v) is 21.4. The highest BCUT2D eigenvalue weighted by molar-refractivity contribution is 5.86. The van der Waals surface area contributed by atoms with Gasteiger partial charge in [0.05, 0.1) is 13.7 Å². The van der Waals surface area contributed by atoms with Crippen LogP contribution in [-0.2, 0) is 31.8 Å². The molecule has 1 atom stereocenters. The van der Waals surface area contributed by atoms with Gasteiger partial charge < -0.3 is 18.9 Å². The highest BCUT2D eigenvalue weighted by Crippen LogP contribution is 2.30. The number of para-hydroxylation sites is 1. The van der Waals surface area contributed by atoms with E-state index in [4.69, 9.17) is 18.9 Å². The largest absolute Gasteiger partial charge is 0.496 e. The Hall–Kier alpha value is -3.32. The summed E-state index contributed by atoms with van der Waals surface area (Å²) in [5.74, 6) is 0.166. The average molecular weight is 484 g/mol. The Labute approximate surface area is 208 Å². The van der Waals surface area contributed by atoms with E-state index in [1.165, 1.54) is 12.0 Å². The number of hydrogen-bond acceptors (Lipinski definition) is 6. The molecule has 0 saturated heterocycles. The predicted octanol–water partition coefficient (Wildman–Crippen LogP) is 5.18. The van der Waals surface area contributed by atoms with Gasteiger partial charge in [0.25, 0.3) is 0 Å². The van der Waals surface area contributed by atoms with Crippen LogP contribution in [0.2, 0.25) is 0 Å². The highest BCUT2D eigenvalue weighted by atomic mass is 16.6. The van der Waals surface area contributed by atoms with Crippen molar-refractivity contribution in [2.45, 2.75) is 51.2 Å². The minimum Gasteiger partial charge on any atom is -0.496 e. The van der Waals surface area contributed by atoms with Crippen LogP contribution < -0.4 is 4.74 Å². The molecule has 190 valence electrons. The monoisotopic (exact) mass is 483 g/mol. The lowest BCUT2D eigenvalue weighted by molar-refractivity contribution is -0.161. The maximum atomic E-state index is 13.8. The van der Waals surface area contributed by atoms with Gasteiger partial charge >= 0.3 is 12.1 Å². The van der Waals surface area contributed by atoms with Gasteiger partial charge in [-0.3, -0.25) is 4.90 Å². The number of benzene rings is 2. The van der Waals surface area contributed by atoms with Gasteiger partial charge in [-0.15, -0.1) is 6.58 Å². The molecule has 2 rings (SSSR count). The second-order valence-electron chi connectivity index (χ2n) is 9.21.